The van der Waals surface area contributed by atoms with Gasteiger partial charge in [-0.25, -0.2) is 4.39 Å². The van der Waals surface area contributed by atoms with Crippen molar-refractivity contribution in [1.29, 1.82) is 0 Å². The fourth-order valence-electron chi connectivity index (χ4n) is 3.16. The zero-order valence-electron chi connectivity index (χ0n) is 13.7. The standard InChI is InChI=1S/C18H22FNO4/c1-22-16-7-5-13(12-14(16)19)6-8-17(21)20-9-3-2-4-15(20)18-23-10-11-24-18/h5-8,12,15,18H,2-4,9-11H2,1H3/b8-6+. The third-order valence-corrected chi connectivity index (χ3v) is 4.39. The molecule has 2 fully saturated rings. The van der Waals surface area contributed by atoms with E-state index in [1.165, 1.54) is 19.3 Å². The van der Waals surface area contributed by atoms with Crippen LogP contribution >= 0.6 is 0 Å². The van der Waals surface area contributed by atoms with Gasteiger partial charge in [0.1, 0.15) is 0 Å². The summed E-state index contributed by atoms with van der Waals surface area (Å²) in [6, 6.07) is 4.55. The molecule has 0 aromatic heterocycles. The van der Waals surface area contributed by atoms with Crippen LogP contribution in [0.15, 0.2) is 24.3 Å². The molecule has 1 aromatic rings. The first-order chi connectivity index (χ1) is 11.7. The topological polar surface area (TPSA) is 48.0 Å². The third-order valence-electron chi connectivity index (χ3n) is 4.39. The molecule has 2 saturated heterocycles. The van der Waals surface area contributed by atoms with E-state index in [1.807, 2.05) is 0 Å². The molecule has 24 heavy (non-hydrogen) atoms. The van der Waals surface area contributed by atoms with E-state index in [2.05, 4.69) is 0 Å². The predicted octanol–water partition coefficient (Wildman–Crippen LogP) is 2.60. The van der Waals surface area contributed by atoms with E-state index in [-0.39, 0.29) is 24.0 Å². The van der Waals surface area contributed by atoms with E-state index in [1.54, 1.807) is 23.1 Å². The number of piperidine rings is 1. The second-order valence-corrected chi connectivity index (χ2v) is 5.93. The van der Waals surface area contributed by atoms with Crippen molar-refractivity contribution in [2.45, 2.75) is 31.6 Å². The average Bonchev–Trinajstić information content (AvgIpc) is 3.14. The van der Waals surface area contributed by atoms with Crippen LogP contribution in [0.4, 0.5) is 4.39 Å². The molecule has 0 radical (unpaired) electrons. The van der Waals surface area contributed by atoms with E-state index in [9.17, 15) is 9.18 Å². The van der Waals surface area contributed by atoms with E-state index in [0.717, 1.165) is 19.3 Å². The minimum absolute atomic E-state index is 0.0500. The summed E-state index contributed by atoms with van der Waals surface area (Å²) >= 11 is 0. The lowest BCUT2D eigenvalue weighted by atomic mass is 10.0. The van der Waals surface area contributed by atoms with E-state index in [4.69, 9.17) is 14.2 Å². The molecule has 1 amide bonds. The van der Waals surface area contributed by atoms with Gasteiger partial charge in [0.25, 0.3) is 0 Å². The highest BCUT2D eigenvalue weighted by molar-refractivity contribution is 5.92. The number of hydrogen-bond acceptors (Lipinski definition) is 4. The average molecular weight is 335 g/mol. The van der Waals surface area contributed by atoms with E-state index in [0.29, 0.717) is 25.3 Å². The van der Waals surface area contributed by atoms with Gasteiger partial charge in [0, 0.05) is 12.6 Å². The van der Waals surface area contributed by atoms with Crippen LogP contribution in [0.25, 0.3) is 6.08 Å². The minimum Gasteiger partial charge on any atom is -0.494 e. The summed E-state index contributed by atoms with van der Waals surface area (Å²) in [6.45, 7) is 1.84. The fraction of sp³-hybridized carbons (Fsp3) is 0.500. The lowest BCUT2D eigenvalue weighted by Gasteiger charge is -2.37. The highest BCUT2D eigenvalue weighted by atomic mass is 19.1. The number of methoxy groups -OCH3 is 1. The molecular weight excluding hydrogens is 313 g/mol. The van der Waals surface area contributed by atoms with Crippen LogP contribution in [0, 0.1) is 5.82 Å². The van der Waals surface area contributed by atoms with Crippen molar-refractivity contribution in [1.82, 2.24) is 4.90 Å². The Bertz CT molecular complexity index is 613. The molecule has 5 nitrogen and oxygen atoms in total. The van der Waals surface area contributed by atoms with Gasteiger partial charge >= 0.3 is 0 Å². The first-order valence-electron chi connectivity index (χ1n) is 8.24. The van der Waals surface area contributed by atoms with E-state index >= 15 is 0 Å². The number of rotatable bonds is 4. The Hall–Kier alpha value is -1.92. The Balaban J connectivity index is 1.69. The monoisotopic (exact) mass is 335 g/mol. The highest BCUT2D eigenvalue weighted by Crippen LogP contribution is 2.25. The Morgan fingerprint density at radius 3 is 2.83 bits per heavy atom. The van der Waals surface area contributed by atoms with Crippen molar-refractivity contribution in [3.63, 3.8) is 0 Å². The number of likely N-dealkylation sites (tertiary alicyclic amines) is 1. The SMILES string of the molecule is COc1ccc(/C=C/C(=O)N2CCCCC2C2OCCO2)cc1F. The molecule has 130 valence electrons. The number of benzene rings is 1. The summed E-state index contributed by atoms with van der Waals surface area (Å²) in [5.41, 5.74) is 0.614. The number of hydrogen-bond donors (Lipinski definition) is 0. The van der Waals surface area contributed by atoms with Crippen LogP contribution in [-0.2, 0) is 14.3 Å². The van der Waals surface area contributed by atoms with Gasteiger partial charge in [0.15, 0.2) is 17.9 Å². The molecule has 0 saturated carbocycles. The summed E-state index contributed by atoms with van der Waals surface area (Å²) in [5.74, 6) is -0.365. The molecule has 0 N–H and O–H groups in total. The lowest BCUT2D eigenvalue weighted by Crippen LogP contribution is -2.49. The maximum absolute atomic E-state index is 13.7. The molecule has 0 spiro atoms. The Morgan fingerprint density at radius 2 is 2.12 bits per heavy atom. The number of halogens is 1. The van der Waals surface area contributed by atoms with Crippen molar-refractivity contribution in [2.24, 2.45) is 0 Å². The smallest absolute Gasteiger partial charge is 0.246 e. The van der Waals surface area contributed by atoms with Gasteiger partial charge < -0.3 is 19.1 Å². The van der Waals surface area contributed by atoms with Crippen LogP contribution in [0.1, 0.15) is 24.8 Å². The Morgan fingerprint density at radius 1 is 1.33 bits per heavy atom. The first-order valence-corrected chi connectivity index (χ1v) is 8.24. The van der Waals surface area contributed by atoms with Gasteiger partial charge in [-0.05, 0) is 43.0 Å². The van der Waals surface area contributed by atoms with Crippen molar-refractivity contribution in [3.05, 3.63) is 35.7 Å². The summed E-state index contributed by atoms with van der Waals surface area (Å²) in [4.78, 5) is 14.4. The van der Waals surface area contributed by atoms with Gasteiger partial charge in [0.05, 0.1) is 26.4 Å². The zero-order chi connectivity index (χ0) is 16.9. The van der Waals surface area contributed by atoms with Crippen LogP contribution in [-0.4, -0.2) is 50.0 Å². The fourth-order valence-corrected chi connectivity index (χ4v) is 3.16. The van der Waals surface area contributed by atoms with Crippen LogP contribution in [0.5, 0.6) is 5.75 Å². The van der Waals surface area contributed by atoms with Gasteiger partial charge in [-0.1, -0.05) is 6.07 Å². The second-order valence-electron chi connectivity index (χ2n) is 5.93. The highest BCUT2D eigenvalue weighted by Gasteiger charge is 2.35. The molecule has 2 aliphatic rings. The maximum Gasteiger partial charge on any atom is 0.246 e. The summed E-state index contributed by atoms with van der Waals surface area (Å²) in [7, 11) is 1.42. The molecule has 0 aliphatic carbocycles. The number of amides is 1. The molecule has 1 unspecified atom stereocenters. The van der Waals surface area contributed by atoms with Crippen molar-refractivity contribution in [2.75, 3.05) is 26.9 Å². The van der Waals surface area contributed by atoms with Gasteiger partial charge in [0.2, 0.25) is 5.91 Å². The largest absolute Gasteiger partial charge is 0.494 e. The zero-order valence-corrected chi connectivity index (χ0v) is 13.7. The molecule has 2 heterocycles. The molecule has 2 aliphatic heterocycles. The molecule has 3 rings (SSSR count). The summed E-state index contributed by atoms with van der Waals surface area (Å²) < 4.78 is 29.7. The number of nitrogens with zero attached hydrogens (tertiary/aromatic N) is 1. The maximum atomic E-state index is 13.7. The quantitative estimate of drug-likeness (QED) is 0.794. The predicted molar refractivity (Wildman–Crippen MR) is 87.0 cm³/mol. The van der Waals surface area contributed by atoms with Gasteiger partial charge in [-0.3, -0.25) is 4.79 Å². The Labute approximate surface area is 141 Å². The van der Waals surface area contributed by atoms with Crippen LogP contribution in [0.2, 0.25) is 0 Å². The van der Waals surface area contributed by atoms with E-state index < -0.39 is 5.82 Å². The van der Waals surface area contributed by atoms with Crippen molar-refractivity contribution in [3.8, 4) is 5.75 Å². The molecule has 6 heteroatoms. The summed E-state index contributed by atoms with van der Waals surface area (Å²) in [5, 5.41) is 0. The second kappa shape index (κ2) is 7.77. The first kappa shape index (κ1) is 16.9. The van der Waals surface area contributed by atoms with Crippen LogP contribution in [0.3, 0.4) is 0 Å². The van der Waals surface area contributed by atoms with Gasteiger partial charge in [-0.15, -0.1) is 0 Å². The molecule has 1 atom stereocenters. The lowest BCUT2D eigenvalue weighted by molar-refractivity contribution is -0.145. The normalized spacial score (nSPS) is 22.2. The molecule has 0 bridgehead atoms. The number of carbonyl (C=O) groups is 1. The minimum atomic E-state index is -0.448. The van der Waals surface area contributed by atoms with Crippen molar-refractivity contribution < 1.29 is 23.4 Å². The molecule has 1 aromatic carbocycles. The molecular formula is C18H22FNO4. The third kappa shape index (κ3) is 3.76. The number of carbonyl (C=O) groups excluding carboxylic acids is 1. The summed E-state index contributed by atoms with van der Waals surface area (Å²) in [6.07, 6.45) is 5.68. The van der Waals surface area contributed by atoms with Crippen LogP contribution < -0.4 is 4.74 Å². The number of ether oxygens (including phenoxy) is 3. The van der Waals surface area contributed by atoms with Gasteiger partial charge in [-0.2, -0.15) is 0 Å². The van der Waals surface area contributed by atoms with Crippen molar-refractivity contribution >= 4 is 12.0 Å². The Kier molecular flexibility index (Phi) is 5.48.